The molecule has 0 amide bonds. The Balaban J connectivity index is 1.70. The monoisotopic (exact) mass is 359 g/mol. The number of nitrogens with zero attached hydrogens (tertiary/aromatic N) is 3. The summed E-state index contributed by atoms with van der Waals surface area (Å²) < 4.78 is 0. The van der Waals surface area contributed by atoms with Crippen LogP contribution in [-0.4, -0.2) is 68.6 Å². The number of unbranched alkanes of at least 4 members (excludes halogenated alkanes) is 1. The van der Waals surface area contributed by atoms with Gasteiger partial charge in [-0.3, -0.25) is 0 Å². The number of piperazine rings is 1. The third-order valence-electron chi connectivity index (χ3n) is 5.04. The van der Waals surface area contributed by atoms with Gasteiger partial charge in [-0.1, -0.05) is 23.8 Å². The fourth-order valence-electron chi connectivity index (χ4n) is 3.27. The minimum Gasteiger partial charge on any atom is -0.357 e. The summed E-state index contributed by atoms with van der Waals surface area (Å²) in [6.45, 7) is 15.0. The van der Waals surface area contributed by atoms with Crippen LogP contribution in [0, 0.1) is 13.8 Å². The molecule has 1 saturated heterocycles. The molecule has 2 rings (SSSR count). The number of rotatable bonds is 8. The van der Waals surface area contributed by atoms with E-state index in [9.17, 15) is 0 Å². The van der Waals surface area contributed by atoms with Crippen LogP contribution < -0.4 is 10.6 Å². The predicted molar refractivity (Wildman–Crippen MR) is 112 cm³/mol. The van der Waals surface area contributed by atoms with Crippen molar-refractivity contribution < 1.29 is 0 Å². The van der Waals surface area contributed by atoms with E-state index in [1.807, 2.05) is 0 Å². The van der Waals surface area contributed by atoms with E-state index in [1.165, 1.54) is 62.3 Å². The van der Waals surface area contributed by atoms with Crippen molar-refractivity contribution in [1.82, 2.24) is 20.4 Å². The third-order valence-corrected chi connectivity index (χ3v) is 5.04. The van der Waals surface area contributed by atoms with E-state index in [4.69, 9.17) is 4.99 Å². The maximum absolute atomic E-state index is 4.75. The van der Waals surface area contributed by atoms with Gasteiger partial charge in [0.15, 0.2) is 5.96 Å². The van der Waals surface area contributed by atoms with Crippen LogP contribution in [0.2, 0.25) is 0 Å². The van der Waals surface area contributed by atoms with Crippen molar-refractivity contribution >= 4 is 5.96 Å². The summed E-state index contributed by atoms with van der Waals surface area (Å²) in [4.78, 5) is 9.74. The van der Waals surface area contributed by atoms with Crippen molar-refractivity contribution in [1.29, 1.82) is 0 Å². The Labute approximate surface area is 159 Å². The summed E-state index contributed by atoms with van der Waals surface area (Å²) in [5.41, 5.74) is 3.92. The van der Waals surface area contributed by atoms with Gasteiger partial charge in [0.2, 0.25) is 0 Å². The molecular weight excluding hydrogens is 322 g/mol. The molecule has 0 atom stereocenters. The zero-order valence-corrected chi connectivity index (χ0v) is 17.1. The van der Waals surface area contributed by atoms with Crippen LogP contribution in [0.15, 0.2) is 23.2 Å². The minimum atomic E-state index is 0.725. The topological polar surface area (TPSA) is 42.9 Å². The number of aliphatic imine (C=N–C) groups is 1. The van der Waals surface area contributed by atoms with Gasteiger partial charge in [-0.15, -0.1) is 0 Å². The second kappa shape index (κ2) is 11.2. The first-order chi connectivity index (χ1) is 12.6. The largest absolute Gasteiger partial charge is 0.357 e. The molecule has 1 aliphatic heterocycles. The Kier molecular flexibility index (Phi) is 8.92. The molecule has 2 N–H and O–H groups in total. The maximum Gasteiger partial charge on any atom is 0.191 e. The van der Waals surface area contributed by atoms with Crippen molar-refractivity contribution in [2.24, 2.45) is 4.99 Å². The number of benzene rings is 1. The highest BCUT2D eigenvalue weighted by Gasteiger charge is 2.12. The molecule has 1 aliphatic rings. The molecule has 1 fully saturated rings. The summed E-state index contributed by atoms with van der Waals surface area (Å²) in [6.07, 6.45) is 2.42. The average molecular weight is 360 g/mol. The first-order valence-corrected chi connectivity index (χ1v) is 10.1. The maximum atomic E-state index is 4.75. The molecule has 5 nitrogen and oxygen atoms in total. The Morgan fingerprint density at radius 2 is 1.85 bits per heavy atom. The number of guanidine groups is 1. The lowest BCUT2D eigenvalue weighted by Gasteiger charge is -2.32. The minimum absolute atomic E-state index is 0.725. The van der Waals surface area contributed by atoms with Gasteiger partial charge in [-0.05, 0) is 58.3 Å². The molecule has 0 spiro atoms. The summed E-state index contributed by atoms with van der Waals surface area (Å²) in [5, 5.41) is 6.83. The predicted octanol–water partition coefficient (Wildman–Crippen LogP) is 2.39. The summed E-state index contributed by atoms with van der Waals surface area (Å²) in [5.74, 6) is 0.923. The molecule has 1 heterocycles. The lowest BCUT2D eigenvalue weighted by molar-refractivity contribution is 0.152. The molecule has 0 radical (unpaired) electrons. The number of aryl methyl sites for hydroxylation is 2. The smallest absolute Gasteiger partial charge is 0.191 e. The Hall–Kier alpha value is -1.59. The highest BCUT2D eigenvalue weighted by Crippen LogP contribution is 2.11. The van der Waals surface area contributed by atoms with Gasteiger partial charge in [-0.2, -0.15) is 0 Å². The average Bonchev–Trinajstić information content (AvgIpc) is 2.62. The SMILES string of the molecule is CCNC(=NCc1ccc(C)cc1C)NCCCCN1CCN(C)CC1. The molecule has 0 unspecified atom stereocenters. The van der Waals surface area contributed by atoms with Gasteiger partial charge in [0.05, 0.1) is 6.54 Å². The molecule has 146 valence electrons. The lowest BCUT2D eigenvalue weighted by Crippen LogP contribution is -2.44. The molecule has 0 saturated carbocycles. The number of hydrogen-bond acceptors (Lipinski definition) is 3. The molecule has 1 aromatic rings. The van der Waals surface area contributed by atoms with Gasteiger partial charge in [-0.25, -0.2) is 4.99 Å². The first-order valence-electron chi connectivity index (χ1n) is 10.1. The van der Waals surface area contributed by atoms with Crippen LogP contribution in [0.25, 0.3) is 0 Å². The number of nitrogens with one attached hydrogen (secondary N) is 2. The Morgan fingerprint density at radius 3 is 2.54 bits per heavy atom. The van der Waals surface area contributed by atoms with Gasteiger partial charge in [0.1, 0.15) is 0 Å². The first kappa shape index (κ1) is 20.7. The molecule has 0 aliphatic carbocycles. The van der Waals surface area contributed by atoms with Gasteiger partial charge in [0, 0.05) is 39.3 Å². The quantitative estimate of drug-likeness (QED) is 0.425. The van der Waals surface area contributed by atoms with Crippen LogP contribution in [-0.2, 0) is 6.54 Å². The summed E-state index contributed by atoms with van der Waals surface area (Å²) in [6, 6.07) is 6.58. The number of likely N-dealkylation sites (N-methyl/N-ethyl adjacent to an activating group) is 1. The highest BCUT2D eigenvalue weighted by atomic mass is 15.2. The molecule has 26 heavy (non-hydrogen) atoms. The standard InChI is InChI=1S/C21H37N5/c1-5-22-21(24-17-20-9-8-18(2)16-19(20)3)23-10-6-7-11-26-14-12-25(4)13-15-26/h8-9,16H,5-7,10-15,17H2,1-4H3,(H2,22,23,24). The van der Waals surface area contributed by atoms with Gasteiger partial charge in [0.25, 0.3) is 0 Å². The molecule has 0 aromatic heterocycles. The van der Waals surface area contributed by atoms with E-state index in [0.717, 1.165) is 25.6 Å². The summed E-state index contributed by atoms with van der Waals surface area (Å²) in [7, 11) is 2.21. The van der Waals surface area contributed by atoms with Crippen LogP contribution in [0.3, 0.4) is 0 Å². The zero-order chi connectivity index (χ0) is 18.8. The van der Waals surface area contributed by atoms with Gasteiger partial charge >= 0.3 is 0 Å². The van der Waals surface area contributed by atoms with Crippen molar-refractivity contribution in [3.8, 4) is 0 Å². The molecule has 5 heteroatoms. The molecule has 1 aromatic carbocycles. The second-order valence-electron chi connectivity index (χ2n) is 7.40. The van der Waals surface area contributed by atoms with E-state index in [2.05, 4.69) is 66.5 Å². The van der Waals surface area contributed by atoms with Crippen molar-refractivity contribution in [3.63, 3.8) is 0 Å². The van der Waals surface area contributed by atoms with Crippen molar-refractivity contribution in [2.45, 2.75) is 40.2 Å². The summed E-state index contributed by atoms with van der Waals surface area (Å²) >= 11 is 0. The molecular formula is C21H37N5. The third kappa shape index (κ3) is 7.34. The van der Waals surface area contributed by atoms with E-state index in [0.29, 0.717) is 0 Å². The lowest BCUT2D eigenvalue weighted by atomic mass is 10.1. The van der Waals surface area contributed by atoms with Crippen LogP contribution >= 0.6 is 0 Å². The van der Waals surface area contributed by atoms with Crippen molar-refractivity contribution in [2.75, 3.05) is 52.9 Å². The highest BCUT2D eigenvalue weighted by molar-refractivity contribution is 5.79. The normalized spacial score (nSPS) is 16.7. The Morgan fingerprint density at radius 1 is 1.08 bits per heavy atom. The fraction of sp³-hybridized carbons (Fsp3) is 0.667. The van der Waals surface area contributed by atoms with Crippen LogP contribution in [0.1, 0.15) is 36.5 Å². The van der Waals surface area contributed by atoms with Crippen LogP contribution in [0.5, 0.6) is 0 Å². The van der Waals surface area contributed by atoms with Gasteiger partial charge < -0.3 is 20.4 Å². The number of hydrogen-bond donors (Lipinski definition) is 2. The van der Waals surface area contributed by atoms with Crippen molar-refractivity contribution in [3.05, 3.63) is 34.9 Å². The Bertz CT molecular complexity index is 562. The van der Waals surface area contributed by atoms with E-state index < -0.39 is 0 Å². The van der Waals surface area contributed by atoms with E-state index in [-0.39, 0.29) is 0 Å². The fourth-order valence-corrected chi connectivity index (χ4v) is 3.27. The van der Waals surface area contributed by atoms with E-state index in [1.54, 1.807) is 0 Å². The van der Waals surface area contributed by atoms with Crippen LogP contribution in [0.4, 0.5) is 0 Å². The van der Waals surface area contributed by atoms with E-state index >= 15 is 0 Å². The second-order valence-corrected chi connectivity index (χ2v) is 7.40. The zero-order valence-electron chi connectivity index (χ0n) is 17.1. The molecule has 0 bridgehead atoms.